The van der Waals surface area contributed by atoms with Gasteiger partial charge in [0.25, 0.3) is 11.5 Å². The molecule has 1 aliphatic rings. The number of aryl methyl sites for hydroxylation is 1. The molecule has 1 amide bonds. The van der Waals surface area contributed by atoms with E-state index in [-0.39, 0.29) is 23.5 Å². The van der Waals surface area contributed by atoms with Gasteiger partial charge in [-0.3, -0.25) is 14.7 Å². The third kappa shape index (κ3) is 3.23. The van der Waals surface area contributed by atoms with Crippen molar-refractivity contribution in [1.29, 1.82) is 0 Å². The number of aromatic nitrogens is 4. The molecule has 2 aromatic rings. The first-order valence-electron chi connectivity index (χ1n) is 7.95. The molecule has 1 fully saturated rings. The first-order valence-corrected chi connectivity index (χ1v) is 7.95. The van der Waals surface area contributed by atoms with E-state index in [1.54, 1.807) is 24.2 Å². The highest BCUT2D eigenvalue weighted by Gasteiger charge is 2.28. The van der Waals surface area contributed by atoms with Crippen LogP contribution in [0.3, 0.4) is 0 Å². The highest BCUT2D eigenvalue weighted by molar-refractivity contribution is 5.94. The van der Waals surface area contributed by atoms with Crippen molar-refractivity contribution in [3.8, 4) is 0 Å². The predicted octanol–water partition coefficient (Wildman–Crippen LogP) is 0.841. The molecule has 8 heteroatoms. The zero-order valence-corrected chi connectivity index (χ0v) is 14.0. The van der Waals surface area contributed by atoms with Crippen molar-refractivity contribution in [3.05, 3.63) is 45.9 Å². The van der Waals surface area contributed by atoms with E-state index in [9.17, 15) is 9.59 Å². The maximum atomic E-state index is 12.6. The third-order valence-corrected chi connectivity index (χ3v) is 4.05. The number of aromatic amines is 1. The van der Waals surface area contributed by atoms with Gasteiger partial charge >= 0.3 is 0 Å². The summed E-state index contributed by atoms with van der Waals surface area (Å²) in [6.07, 6.45) is 1.26. The Morgan fingerprint density at radius 1 is 1.46 bits per heavy atom. The number of pyridine rings is 1. The van der Waals surface area contributed by atoms with Gasteiger partial charge in [0.15, 0.2) is 11.6 Å². The van der Waals surface area contributed by atoms with Crippen LogP contribution in [0.15, 0.2) is 23.1 Å². The van der Waals surface area contributed by atoms with Crippen LogP contribution >= 0.6 is 0 Å². The molecule has 0 saturated carbocycles. The number of hydrogen-bond acceptors (Lipinski definition) is 5. The molecular formula is C16H21N5O3. The number of morpholine rings is 1. The van der Waals surface area contributed by atoms with Gasteiger partial charge in [-0.05, 0) is 6.07 Å². The number of hydrogen-bond donors (Lipinski definition) is 1. The normalized spacial score (nSPS) is 18.2. The van der Waals surface area contributed by atoms with Crippen LogP contribution in [0, 0.1) is 0 Å². The Labute approximate surface area is 139 Å². The summed E-state index contributed by atoms with van der Waals surface area (Å²) in [5.74, 6) is 1.39. The van der Waals surface area contributed by atoms with Crippen LogP contribution in [0.2, 0.25) is 0 Å². The number of carbonyl (C=O) groups excluding carboxylic acids is 1. The topological polar surface area (TPSA) is 93.1 Å². The van der Waals surface area contributed by atoms with Crippen LogP contribution in [-0.4, -0.2) is 50.3 Å². The Bertz CT molecular complexity index is 795. The van der Waals surface area contributed by atoms with Gasteiger partial charge in [0.05, 0.1) is 13.2 Å². The molecule has 1 aliphatic heterocycles. The zero-order valence-electron chi connectivity index (χ0n) is 14.0. The maximum Gasteiger partial charge on any atom is 0.254 e. The molecule has 0 aromatic carbocycles. The van der Waals surface area contributed by atoms with Crippen LogP contribution < -0.4 is 5.56 Å². The number of ether oxygens (including phenoxy) is 1. The highest BCUT2D eigenvalue weighted by Crippen LogP contribution is 2.21. The molecule has 3 heterocycles. The number of amides is 1. The van der Waals surface area contributed by atoms with Crippen molar-refractivity contribution >= 4 is 5.91 Å². The van der Waals surface area contributed by atoms with Gasteiger partial charge in [-0.25, -0.2) is 4.98 Å². The first kappa shape index (κ1) is 16.4. The van der Waals surface area contributed by atoms with Crippen molar-refractivity contribution in [1.82, 2.24) is 24.6 Å². The fraction of sp³-hybridized carbons (Fsp3) is 0.500. The van der Waals surface area contributed by atoms with Crippen LogP contribution in [-0.2, 0) is 11.8 Å². The van der Waals surface area contributed by atoms with Gasteiger partial charge in [-0.15, -0.1) is 0 Å². The van der Waals surface area contributed by atoms with E-state index < -0.39 is 0 Å². The minimum atomic E-state index is -0.339. The van der Waals surface area contributed by atoms with Crippen molar-refractivity contribution in [2.75, 3.05) is 19.7 Å². The molecule has 128 valence electrons. The second-order valence-corrected chi connectivity index (χ2v) is 6.21. The summed E-state index contributed by atoms with van der Waals surface area (Å²) >= 11 is 0. The summed E-state index contributed by atoms with van der Waals surface area (Å²) in [4.78, 5) is 30.5. The summed E-state index contributed by atoms with van der Waals surface area (Å²) in [5.41, 5.74) is 0.182. The van der Waals surface area contributed by atoms with Crippen molar-refractivity contribution in [2.24, 2.45) is 7.05 Å². The van der Waals surface area contributed by atoms with E-state index in [4.69, 9.17) is 4.74 Å². The van der Waals surface area contributed by atoms with Crippen LogP contribution in [0.1, 0.15) is 47.9 Å². The Morgan fingerprint density at radius 2 is 2.25 bits per heavy atom. The van der Waals surface area contributed by atoms with Crippen LogP contribution in [0.25, 0.3) is 0 Å². The fourth-order valence-corrected chi connectivity index (χ4v) is 2.55. The smallest absolute Gasteiger partial charge is 0.254 e. The van der Waals surface area contributed by atoms with E-state index in [1.807, 2.05) is 13.8 Å². The lowest BCUT2D eigenvalue weighted by Gasteiger charge is -2.31. The Morgan fingerprint density at radius 3 is 2.92 bits per heavy atom. The lowest BCUT2D eigenvalue weighted by molar-refractivity contribution is -0.0267. The van der Waals surface area contributed by atoms with Gasteiger partial charge in [0.1, 0.15) is 6.10 Å². The molecule has 1 N–H and O–H groups in total. The molecule has 1 atom stereocenters. The average molecular weight is 331 g/mol. The highest BCUT2D eigenvalue weighted by atomic mass is 16.5. The number of carbonyl (C=O) groups is 1. The van der Waals surface area contributed by atoms with Crippen LogP contribution in [0.4, 0.5) is 0 Å². The number of nitrogens with zero attached hydrogens (tertiary/aromatic N) is 4. The molecule has 0 bridgehead atoms. The second kappa shape index (κ2) is 6.56. The molecule has 0 aliphatic carbocycles. The van der Waals surface area contributed by atoms with Gasteiger partial charge in [0, 0.05) is 37.3 Å². The largest absolute Gasteiger partial charge is 0.367 e. The molecule has 0 spiro atoms. The minimum absolute atomic E-state index is 0.176. The number of rotatable bonds is 3. The van der Waals surface area contributed by atoms with Gasteiger partial charge in [0.2, 0.25) is 0 Å². The van der Waals surface area contributed by atoms with Gasteiger partial charge in [-0.1, -0.05) is 13.8 Å². The van der Waals surface area contributed by atoms with E-state index in [0.29, 0.717) is 31.1 Å². The maximum absolute atomic E-state index is 12.6. The fourth-order valence-electron chi connectivity index (χ4n) is 2.55. The van der Waals surface area contributed by atoms with Crippen molar-refractivity contribution < 1.29 is 9.53 Å². The average Bonchev–Trinajstić information content (AvgIpc) is 3.07. The standard InChI is InChI=1S/C16H21N5O3/c1-10(2)14-17-15(19-18-14)12-9-21(6-7-24-12)16(23)11-4-5-20(3)13(22)8-11/h4-5,8,10,12H,6-7,9H2,1-3H3,(H,17,18,19). The molecule has 8 nitrogen and oxygen atoms in total. The van der Waals surface area contributed by atoms with E-state index in [0.717, 1.165) is 5.82 Å². The van der Waals surface area contributed by atoms with E-state index in [2.05, 4.69) is 15.2 Å². The van der Waals surface area contributed by atoms with Crippen LogP contribution in [0.5, 0.6) is 0 Å². The second-order valence-electron chi connectivity index (χ2n) is 6.21. The Kier molecular flexibility index (Phi) is 4.48. The summed E-state index contributed by atoms with van der Waals surface area (Å²) in [5, 5.41) is 7.07. The molecule has 1 unspecified atom stereocenters. The van der Waals surface area contributed by atoms with E-state index >= 15 is 0 Å². The summed E-state index contributed by atoms with van der Waals surface area (Å²) in [7, 11) is 1.65. The number of H-pyrrole nitrogens is 1. The molecular weight excluding hydrogens is 310 g/mol. The van der Waals surface area contributed by atoms with Gasteiger partial charge in [-0.2, -0.15) is 5.10 Å². The molecule has 3 rings (SSSR count). The Balaban J connectivity index is 1.75. The van der Waals surface area contributed by atoms with Crippen molar-refractivity contribution in [3.63, 3.8) is 0 Å². The van der Waals surface area contributed by atoms with E-state index in [1.165, 1.54) is 10.6 Å². The molecule has 1 saturated heterocycles. The molecule has 2 aromatic heterocycles. The molecule has 0 radical (unpaired) electrons. The third-order valence-electron chi connectivity index (χ3n) is 4.05. The quantitative estimate of drug-likeness (QED) is 0.899. The minimum Gasteiger partial charge on any atom is -0.367 e. The molecule has 24 heavy (non-hydrogen) atoms. The Hall–Kier alpha value is -2.48. The summed E-state index contributed by atoms with van der Waals surface area (Å²) in [6.45, 7) is 5.30. The zero-order chi connectivity index (χ0) is 17.3. The number of nitrogens with one attached hydrogen (secondary N) is 1. The van der Waals surface area contributed by atoms with Gasteiger partial charge < -0.3 is 14.2 Å². The lowest BCUT2D eigenvalue weighted by Crippen LogP contribution is -2.42. The predicted molar refractivity (Wildman–Crippen MR) is 86.8 cm³/mol. The first-order chi connectivity index (χ1) is 11.5. The SMILES string of the molecule is CC(C)c1n[nH]c(C2CN(C(=O)c3ccn(C)c(=O)c3)CCO2)n1. The summed E-state index contributed by atoms with van der Waals surface area (Å²) in [6, 6.07) is 3.01. The summed E-state index contributed by atoms with van der Waals surface area (Å²) < 4.78 is 7.15. The lowest BCUT2D eigenvalue weighted by atomic mass is 10.2. The monoisotopic (exact) mass is 331 g/mol. The van der Waals surface area contributed by atoms with Crippen molar-refractivity contribution in [2.45, 2.75) is 25.9 Å².